The van der Waals surface area contributed by atoms with E-state index in [2.05, 4.69) is 4.74 Å². The second kappa shape index (κ2) is 7.57. The van der Waals surface area contributed by atoms with Crippen molar-refractivity contribution >= 4 is 11.9 Å². The Labute approximate surface area is 138 Å². The first kappa shape index (κ1) is 18.1. The number of carboxylic acid groups (broad SMARTS) is 1. The van der Waals surface area contributed by atoms with Crippen molar-refractivity contribution in [2.24, 2.45) is 0 Å². The third kappa shape index (κ3) is 4.41. The van der Waals surface area contributed by atoms with Crippen LogP contribution in [0.2, 0.25) is 0 Å². The molecule has 0 aliphatic carbocycles. The van der Waals surface area contributed by atoms with E-state index in [1.807, 2.05) is 0 Å². The lowest BCUT2D eigenvalue weighted by atomic mass is 10.0. The maximum Gasteiger partial charge on any atom is 0.387 e. The normalized spacial score (nSPS) is 17.9. The van der Waals surface area contributed by atoms with E-state index < -0.39 is 18.7 Å². The molecule has 1 aromatic rings. The molecule has 1 amide bonds. The number of alkyl halides is 2. The van der Waals surface area contributed by atoms with Gasteiger partial charge in [-0.2, -0.15) is 8.78 Å². The molecule has 1 aliphatic rings. The molecule has 1 N–H and O–H groups in total. The minimum atomic E-state index is -2.93. The second-order valence-electron chi connectivity index (χ2n) is 5.66. The molecule has 1 heterocycles. The van der Waals surface area contributed by atoms with Crippen LogP contribution in [0, 0.1) is 13.8 Å². The van der Waals surface area contributed by atoms with Crippen molar-refractivity contribution in [1.29, 1.82) is 0 Å². The van der Waals surface area contributed by atoms with Crippen LogP contribution in [-0.4, -0.2) is 54.3 Å². The van der Waals surface area contributed by atoms with Gasteiger partial charge in [0, 0.05) is 18.7 Å². The van der Waals surface area contributed by atoms with Crippen molar-refractivity contribution in [2.45, 2.75) is 33.0 Å². The molecule has 0 spiro atoms. The van der Waals surface area contributed by atoms with Gasteiger partial charge >= 0.3 is 12.6 Å². The largest absolute Gasteiger partial charge is 0.481 e. The Morgan fingerprint density at radius 3 is 2.54 bits per heavy atom. The number of ether oxygens (including phenoxy) is 2. The van der Waals surface area contributed by atoms with E-state index in [9.17, 15) is 18.4 Å². The SMILES string of the molecule is Cc1cc(C(=O)N2CCOC(CC(=O)O)C2)cc(C)c1OC(F)F. The molecule has 0 radical (unpaired) electrons. The number of benzene rings is 1. The number of carbonyl (C=O) groups is 2. The summed E-state index contributed by atoms with van der Waals surface area (Å²) < 4.78 is 34.6. The average Bonchev–Trinajstić information content (AvgIpc) is 2.49. The van der Waals surface area contributed by atoms with Crippen LogP contribution in [0.3, 0.4) is 0 Å². The van der Waals surface area contributed by atoms with Crippen molar-refractivity contribution in [3.8, 4) is 5.75 Å². The topological polar surface area (TPSA) is 76.1 Å². The molecule has 1 aliphatic heterocycles. The Morgan fingerprint density at radius 2 is 2.00 bits per heavy atom. The van der Waals surface area contributed by atoms with Gasteiger partial charge in [-0.3, -0.25) is 9.59 Å². The Balaban J connectivity index is 2.16. The number of hydrogen-bond acceptors (Lipinski definition) is 4. The fraction of sp³-hybridized carbons (Fsp3) is 0.500. The lowest BCUT2D eigenvalue weighted by Gasteiger charge is -2.32. The summed E-state index contributed by atoms with van der Waals surface area (Å²) in [5, 5.41) is 8.82. The molecular weight excluding hydrogens is 324 g/mol. The van der Waals surface area contributed by atoms with Crippen LogP contribution in [-0.2, 0) is 9.53 Å². The zero-order chi connectivity index (χ0) is 17.9. The minimum absolute atomic E-state index is 0.0623. The Bertz CT molecular complexity index is 612. The fourth-order valence-electron chi connectivity index (χ4n) is 2.75. The van der Waals surface area contributed by atoms with Gasteiger partial charge < -0.3 is 19.5 Å². The van der Waals surface area contributed by atoms with Crippen molar-refractivity contribution < 1.29 is 33.0 Å². The predicted molar refractivity (Wildman–Crippen MR) is 80.4 cm³/mol. The van der Waals surface area contributed by atoms with Gasteiger partial charge in [0.25, 0.3) is 5.91 Å². The van der Waals surface area contributed by atoms with Crippen molar-refractivity contribution in [3.63, 3.8) is 0 Å². The van der Waals surface area contributed by atoms with Crippen LogP contribution in [0.25, 0.3) is 0 Å². The van der Waals surface area contributed by atoms with Gasteiger partial charge in [0.05, 0.1) is 19.1 Å². The summed E-state index contributed by atoms with van der Waals surface area (Å²) in [6.45, 7) is 1.04. The number of aliphatic carboxylic acids is 1. The first-order chi connectivity index (χ1) is 11.3. The predicted octanol–water partition coefficient (Wildman–Crippen LogP) is 2.22. The quantitative estimate of drug-likeness (QED) is 0.887. The molecule has 24 heavy (non-hydrogen) atoms. The van der Waals surface area contributed by atoms with Crippen LogP contribution in [0.15, 0.2) is 12.1 Å². The van der Waals surface area contributed by atoms with Gasteiger partial charge in [-0.25, -0.2) is 0 Å². The number of halogens is 2. The molecular formula is C16H19F2NO5. The molecule has 8 heteroatoms. The van der Waals surface area contributed by atoms with E-state index in [4.69, 9.17) is 9.84 Å². The number of carbonyl (C=O) groups excluding carboxylic acids is 1. The summed E-state index contributed by atoms with van der Waals surface area (Å²) in [6.07, 6.45) is -0.730. The van der Waals surface area contributed by atoms with Crippen LogP contribution < -0.4 is 4.74 Å². The number of carboxylic acids is 1. The van der Waals surface area contributed by atoms with Crippen LogP contribution in [0.4, 0.5) is 8.78 Å². The first-order valence-corrected chi connectivity index (χ1v) is 7.46. The van der Waals surface area contributed by atoms with Gasteiger partial charge in [-0.15, -0.1) is 0 Å². The highest BCUT2D eigenvalue weighted by Crippen LogP contribution is 2.27. The number of nitrogens with zero attached hydrogens (tertiary/aromatic N) is 1. The average molecular weight is 343 g/mol. The van der Waals surface area contributed by atoms with Gasteiger partial charge in [-0.1, -0.05) is 0 Å². The van der Waals surface area contributed by atoms with Crippen LogP contribution in [0.1, 0.15) is 27.9 Å². The summed E-state index contributed by atoms with van der Waals surface area (Å²) >= 11 is 0. The van der Waals surface area contributed by atoms with E-state index in [1.54, 1.807) is 13.8 Å². The highest BCUT2D eigenvalue weighted by atomic mass is 19.3. The standard InChI is InChI=1S/C16H19F2NO5/c1-9-5-11(6-10(2)14(9)24-16(17)18)15(22)19-3-4-23-12(8-19)7-13(20)21/h5-6,12,16H,3-4,7-8H2,1-2H3,(H,20,21). The van der Waals surface area contributed by atoms with Gasteiger partial charge in [-0.05, 0) is 37.1 Å². The van der Waals surface area contributed by atoms with Crippen LogP contribution >= 0.6 is 0 Å². The number of rotatable bonds is 5. The number of aryl methyl sites for hydroxylation is 2. The molecule has 0 aromatic heterocycles. The lowest BCUT2D eigenvalue weighted by Crippen LogP contribution is -2.46. The third-order valence-corrected chi connectivity index (χ3v) is 3.74. The monoisotopic (exact) mass is 343 g/mol. The van der Waals surface area contributed by atoms with Gasteiger partial charge in [0.2, 0.25) is 0 Å². The van der Waals surface area contributed by atoms with E-state index in [0.29, 0.717) is 23.2 Å². The summed E-state index contributed by atoms with van der Waals surface area (Å²) in [4.78, 5) is 24.9. The number of morpholine rings is 1. The molecule has 1 fully saturated rings. The number of hydrogen-bond donors (Lipinski definition) is 1. The second-order valence-corrected chi connectivity index (χ2v) is 5.66. The minimum Gasteiger partial charge on any atom is -0.481 e. The first-order valence-electron chi connectivity index (χ1n) is 7.46. The number of amides is 1. The summed E-state index contributed by atoms with van der Waals surface area (Å²) in [5.74, 6) is -1.22. The molecule has 6 nitrogen and oxygen atoms in total. The third-order valence-electron chi connectivity index (χ3n) is 3.74. The summed E-state index contributed by atoms with van der Waals surface area (Å²) in [6, 6.07) is 2.99. The van der Waals surface area contributed by atoms with Crippen molar-refractivity contribution in [3.05, 3.63) is 28.8 Å². The Hall–Kier alpha value is -2.22. The molecule has 132 valence electrons. The molecule has 1 unspecified atom stereocenters. The maximum absolute atomic E-state index is 12.6. The van der Waals surface area contributed by atoms with E-state index in [1.165, 1.54) is 17.0 Å². The fourth-order valence-corrected chi connectivity index (χ4v) is 2.75. The van der Waals surface area contributed by atoms with E-state index >= 15 is 0 Å². The Kier molecular flexibility index (Phi) is 5.71. The molecule has 1 atom stereocenters. The van der Waals surface area contributed by atoms with Gasteiger partial charge in [0.15, 0.2) is 0 Å². The summed E-state index contributed by atoms with van der Waals surface area (Å²) in [7, 11) is 0. The molecule has 1 aromatic carbocycles. The zero-order valence-corrected chi connectivity index (χ0v) is 13.4. The maximum atomic E-state index is 12.6. The van der Waals surface area contributed by atoms with Crippen LogP contribution in [0.5, 0.6) is 5.75 Å². The molecule has 2 rings (SSSR count). The highest BCUT2D eigenvalue weighted by Gasteiger charge is 2.27. The lowest BCUT2D eigenvalue weighted by molar-refractivity contribution is -0.141. The van der Waals surface area contributed by atoms with Crippen molar-refractivity contribution in [2.75, 3.05) is 19.7 Å². The molecule has 1 saturated heterocycles. The highest BCUT2D eigenvalue weighted by molar-refractivity contribution is 5.95. The van der Waals surface area contributed by atoms with Gasteiger partial charge in [0.1, 0.15) is 5.75 Å². The summed E-state index contributed by atoms with van der Waals surface area (Å²) in [5.41, 5.74) is 1.23. The smallest absolute Gasteiger partial charge is 0.387 e. The van der Waals surface area contributed by atoms with E-state index in [0.717, 1.165) is 0 Å². The molecule has 0 saturated carbocycles. The Morgan fingerprint density at radius 1 is 1.38 bits per heavy atom. The molecule has 0 bridgehead atoms. The van der Waals surface area contributed by atoms with E-state index in [-0.39, 0.29) is 31.2 Å². The zero-order valence-electron chi connectivity index (χ0n) is 13.4. The van der Waals surface area contributed by atoms with Crippen molar-refractivity contribution in [1.82, 2.24) is 4.90 Å².